The van der Waals surface area contributed by atoms with E-state index in [2.05, 4.69) is 10.6 Å². The molecule has 1 aromatic heterocycles. The van der Waals surface area contributed by atoms with Crippen molar-refractivity contribution in [2.75, 3.05) is 5.75 Å². The first-order chi connectivity index (χ1) is 11.5. The van der Waals surface area contributed by atoms with E-state index in [-0.39, 0.29) is 5.75 Å². The number of nitrogens with zero attached hydrogens (tertiary/aromatic N) is 1. The van der Waals surface area contributed by atoms with Gasteiger partial charge in [-0.2, -0.15) is 13.0 Å². The van der Waals surface area contributed by atoms with Crippen LogP contribution >= 0.6 is 11.3 Å². The van der Waals surface area contributed by atoms with E-state index in [1.165, 1.54) is 0 Å². The topological polar surface area (TPSA) is 58.3 Å². The Bertz CT molecular complexity index is 960. The third-order valence-electron chi connectivity index (χ3n) is 3.64. The van der Waals surface area contributed by atoms with Gasteiger partial charge in [0.25, 0.3) is 15.1 Å². The molecule has 4 nitrogen and oxygen atoms in total. The molecule has 0 aliphatic heterocycles. The van der Waals surface area contributed by atoms with Gasteiger partial charge in [0.2, 0.25) is 5.52 Å². The van der Waals surface area contributed by atoms with Gasteiger partial charge in [-0.1, -0.05) is 53.8 Å². The van der Waals surface area contributed by atoms with Gasteiger partial charge in [-0.25, -0.2) is 0 Å². The standard InChI is InChI=1S/C18H17NO3S2/c20-24(21,22)14-6-13-19-16-9-4-5-10-17(16)23-18(19)12-11-15-7-2-1-3-8-15/h1-5,7-12H,6,13-14H2/p+1/b12-11+. The van der Waals surface area contributed by atoms with E-state index in [4.69, 9.17) is 4.55 Å². The fourth-order valence-corrected chi connectivity index (χ4v) is 4.13. The minimum Gasteiger partial charge on any atom is -0.286 e. The lowest BCUT2D eigenvalue weighted by molar-refractivity contribution is -0.668. The summed E-state index contributed by atoms with van der Waals surface area (Å²) in [6.45, 7) is 0.540. The highest BCUT2D eigenvalue weighted by molar-refractivity contribution is 7.85. The van der Waals surface area contributed by atoms with Crippen LogP contribution in [0, 0.1) is 0 Å². The number of hydrogen-bond acceptors (Lipinski definition) is 3. The van der Waals surface area contributed by atoms with Gasteiger partial charge >= 0.3 is 0 Å². The lowest BCUT2D eigenvalue weighted by Crippen LogP contribution is -2.35. The molecule has 6 heteroatoms. The average molecular weight is 360 g/mol. The molecule has 0 aliphatic rings. The highest BCUT2D eigenvalue weighted by atomic mass is 32.2. The molecular weight excluding hydrogens is 342 g/mol. The fourth-order valence-electron chi connectivity index (χ4n) is 2.54. The maximum absolute atomic E-state index is 11.0. The lowest BCUT2D eigenvalue weighted by Gasteiger charge is -1.97. The van der Waals surface area contributed by atoms with Crippen molar-refractivity contribution in [1.29, 1.82) is 0 Å². The van der Waals surface area contributed by atoms with Crippen LogP contribution in [0.15, 0.2) is 54.6 Å². The van der Waals surface area contributed by atoms with E-state index in [0.29, 0.717) is 13.0 Å². The van der Waals surface area contributed by atoms with Gasteiger partial charge in [0, 0.05) is 18.6 Å². The third-order valence-corrected chi connectivity index (χ3v) is 5.57. The number of hydrogen-bond donors (Lipinski definition) is 1. The van der Waals surface area contributed by atoms with E-state index in [1.807, 2.05) is 60.7 Å². The molecule has 2 aromatic carbocycles. The summed E-state index contributed by atoms with van der Waals surface area (Å²) >= 11 is 1.67. The molecule has 0 atom stereocenters. The number of thiazole rings is 1. The second-order valence-electron chi connectivity index (χ2n) is 5.44. The molecule has 0 amide bonds. The van der Waals surface area contributed by atoms with E-state index >= 15 is 0 Å². The van der Waals surface area contributed by atoms with E-state index in [1.54, 1.807) is 11.3 Å². The Kier molecular flexibility index (Phi) is 5.08. The van der Waals surface area contributed by atoms with Gasteiger partial charge in [0.05, 0.1) is 5.75 Å². The SMILES string of the molecule is O=S(=O)(O)CCC[n+]1c(/C=C/c2ccccc2)sc2ccccc21. The van der Waals surface area contributed by atoms with Crippen LogP contribution in [0.5, 0.6) is 0 Å². The number of para-hydroxylation sites is 1. The van der Waals surface area contributed by atoms with Crippen molar-refractivity contribution < 1.29 is 17.5 Å². The van der Waals surface area contributed by atoms with Crippen molar-refractivity contribution >= 4 is 43.8 Å². The molecule has 124 valence electrons. The number of aromatic nitrogens is 1. The molecule has 0 bridgehead atoms. The Morgan fingerprint density at radius 1 is 1.00 bits per heavy atom. The maximum atomic E-state index is 11.0. The number of fused-ring (bicyclic) bond motifs is 1. The molecular formula is C18H18NO3S2+. The van der Waals surface area contributed by atoms with Crippen molar-refractivity contribution in [3.05, 3.63) is 65.2 Å². The van der Waals surface area contributed by atoms with Crippen molar-refractivity contribution in [2.45, 2.75) is 13.0 Å². The molecule has 0 saturated carbocycles. The lowest BCUT2D eigenvalue weighted by atomic mass is 10.2. The molecule has 3 rings (SSSR count). The summed E-state index contributed by atoms with van der Waals surface area (Å²) in [5.41, 5.74) is 2.19. The normalized spacial score (nSPS) is 12.2. The van der Waals surface area contributed by atoms with Crippen LogP contribution in [0.2, 0.25) is 0 Å². The van der Waals surface area contributed by atoms with Crippen LogP contribution in [-0.4, -0.2) is 18.7 Å². The zero-order valence-corrected chi connectivity index (χ0v) is 14.6. The fraction of sp³-hybridized carbons (Fsp3) is 0.167. The Hall–Kier alpha value is -2.02. The third kappa shape index (κ3) is 4.29. The Morgan fingerprint density at radius 2 is 1.71 bits per heavy atom. The van der Waals surface area contributed by atoms with Crippen LogP contribution in [0.4, 0.5) is 0 Å². The van der Waals surface area contributed by atoms with Crippen molar-refractivity contribution in [1.82, 2.24) is 0 Å². The van der Waals surface area contributed by atoms with Gasteiger partial charge in [-0.15, -0.1) is 0 Å². The summed E-state index contributed by atoms with van der Waals surface area (Å²) in [6.07, 6.45) is 4.47. The Morgan fingerprint density at radius 3 is 2.46 bits per heavy atom. The summed E-state index contributed by atoms with van der Waals surface area (Å²) in [5.74, 6) is -0.230. The molecule has 0 spiro atoms. The molecule has 0 unspecified atom stereocenters. The van der Waals surface area contributed by atoms with Crippen LogP contribution in [0.3, 0.4) is 0 Å². The van der Waals surface area contributed by atoms with E-state index < -0.39 is 10.1 Å². The molecule has 0 aliphatic carbocycles. The van der Waals surface area contributed by atoms with Crippen molar-refractivity contribution in [2.24, 2.45) is 0 Å². The van der Waals surface area contributed by atoms with Gasteiger partial charge in [-0.3, -0.25) is 4.55 Å². The largest absolute Gasteiger partial charge is 0.286 e. The Labute approximate surface area is 145 Å². The summed E-state index contributed by atoms with van der Waals surface area (Å²) in [6, 6.07) is 18.1. The van der Waals surface area contributed by atoms with Crippen LogP contribution < -0.4 is 4.57 Å². The molecule has 3 aromatic rings. The average Bonchev–Trinajstić information content (AvgIpc) is 2.91. The predicted molar refractivity (Wildman–Crippen MR) is 98.4 cm³/mol. The number of rotatable bonds is 6. The minimum atomic E-state index is -3.93. The van der Waals surface area contributed by atoms with E-state index in [0.717, 1.165) is 20.8 Å². The molecule has 0 saturated heterocycles. The summed E-state index contributed by atoms with van der Waals surface area (Å²) in [4.78, 5) is 0. The van der Waals surface area contributed by atoms with Crippen molar-refractivity contribution in [3.8, 4) is 0 Å². The first kappa shape index (κ1) is 16.8. The second-order valence-corrected chi connectivity index (χ2v) is 8.08. The van der Waals surface area contributed by atoms with E-state index in [9.17, 15) is 8.42 Å². The second kappa shape index (κ2) is 7.25. The predicted octanol–water partition coefficient (Wildman–Crippen LogP) is 3.64. The Balaban J connectivity index is 1.91. The molecule has 24 heavy (non-hydrogen) atoms. The van der Waals surface area contributed by atoms with Gasteiger partial charge in [-0.05, 0) is 17.7 Å². The maximum Gasteiger partial charge on any atom is 0.265 e. The summed E-state index contributed by atoms with van der Waals surface area (Å²) < 4.78 is 34.1. The summed E-state index contributed by atoms with van der Waals surface area (Å²) in [7, 11) is -3.93. The first-order valence-corrected chi connectivity index (χ1v) is 10.1. The molecule has 0 fully saturated rings. The zero-order valence-electron chi connectivity index (χ0n) is 13.0. The van der Waals surface area contributed by atoms with Crippen LogP contribution in [0.1, 0.15) is 17.0 Å². The van der Waals surface area contributed by atoms with Crippen LogP contribution in [0.25, 0.3) is 22.4 Å². The smallest absolute Gasteiger partial charge is 0.265 e. The van der Waals surface area contributed by atoms with Gasteiger partial charge < -0.3 is 0 Å². The van der Waals surface area contributed by atoms with Gasteiger partial charge in [0.15, 0.2) is 6.54 Å². The van der Waals surface area contributed by atoms with Crippen LogP contribution in [-0.2, 0) is 16.7 Å². The number of aryl methyl sites for hydroxylation is 1. The molecule has 1 heterocycles. The highest BCUT2D eigenvalue weighted by Crippen LogP contribution is 2.22. The first-order valence-electron chi connectivity index (χ1n) is 7.62. The number of benzene rings is 2. The highest BCUT2D eigenvalue weighted by Gasteiger charge is 2.18. The molecule has 1 N–H and O–H groups in total. The molecule has 0 radical (unpaired) electrons. The summed E-state index contributed by atoms with van der Waals surface area (Å²) in [5, 5.41) is 1.05. The minimum absolute atomic E-state index is 0.230. The zero-order chi connectivity index (χ0) is 17.0. The van der Waals surface area contributed by atoms with Crippen molar-refractivity contribution in [3.63, 3.8) is 0 Å². The van der Waals surface area contributed by atoms with Gasteiger partial charge in [0.1, 0.15) is 4.70 Å². The quantitative estimate of drug-likeness (QED) is 0.539. The monoisotopic (exact) mass is 360 g/mol.